The predicted octanol–water partition coefficient (Wildman–Crippen LogP) is 4.42. The zero-order valence-corrected chi connectivity index (χ0v) is 12.4. The highest BCUT2D eigenvalue weighted by atomic mass is 16.5. The van der Waals surface area contributed by atoms with Gasteiger partial charge in [0.1, 0.15) is 5.75 Å². The first-order valence-corrected chi connectivity index (χ1v) is 7.86. The lowest BCUT2D eigenvalue weighted by Gasteiger charge is -2.26. The lowest BCUT2D eigenvalue weighted by atomic mass is 9.79. The van der Waals surface area contributed by atoms with Gasteiger partial charge in [-0.3, -0.25) is 0 Å². The molecule has 0 aliphatic heterocycles. The lowest BCUT2D eigenvalue weighted by Crippen LogP contribution is -2.15. The van der Waals surface area contributed by atoms with Crippen LogP contribution < -0.4 is 10.5 Å². The van der Waals surface area contributed by atoms with E-state index in [0.717, 1.165) is 18.1 Å². The first kappa shape index (κ1) is 14.2. The molecule has 0 heterocycles. The van der Waals surface area contributed by atoms with Gasteiger partial charge in [-0.15, -0.1) is 0 Å². The number of rotatable bonds is 6. The monoisotopic (exact) mass is 281 g/mol. The molecule has 110 valence electrons. The van der Waals surface area contributed by atoms with Crippen molar-refractivity contribution in [2.45, 2.75) is 37.6 Å². The van der Waals surface area contributed by atoms with Crippen LogP contribution in [0.1, 0.15) is 48.8 Å². The standard InChI is InChI=1S/C19H23NO/c20-19(12-13-21-18-10-2-1-3-11-18)17-9-5-8-16(14-17)15-6-4-7-15/h1-3,5,8-11,14-15,19H,4,6-7,12-13,20H2. The minimum Gasteiger partial charge on any atom is -0.494 e. The average Bonchev–Trinajstić information content (AvgIpc) is 2.47. The summed E-state index contributed by atoms with van der Waals surface area (Å²) in [6, 6.07) is 18.8. The molecule has 2 aromatic rings. The van der Waals surface area contributed by atoms with Crippen LogP contribution in [0.4, 0.5) is 0 Å². The molecule has 0 amide bonds. The Morgan fingerprint density at radius 3 is 2.57 bits per heavy atom. The van der Waals surface area contributed by atoms with Crippen molar-refractivity contribution < 1.29 is 4.74 Å². The summed E-state index contributed by atoms with van der Waals surface area (Å²) in [5, 5.41) is 0. The molecule has 2 N–H and O–H groups in total. The number of benzene rings is 2. The fourth-order valence-corrected chi connectivity index (χ4v) is 2.77. The van der Waals surface area contributed by atoms with Crippen molar-refractivity contribution in [2.75, 3.05) is 6.61 Å². The SMILES string of the molecule is NC(CCOc1ccccc1)c1cccc(C2CCC2)c1. The quantitative estimate of drug-likeness (QED) is 0.850. The molecule has 2 nitrogen and oxygen atoms in total. The van der Waals surface area contributed by atoms with Crippen molar-refractivity contribution in [1.82, 2.24) is 0 Å². The van der Waals surface area contributed by atoms with Crippen LogP contribution in [0, 0.1) is 0 Å². The van der Waals surface area contributed by atoms with Gasteiger partial charge in [0.2, 0.25) is 0 Å². The van der Waals surface area contributed by atoms with E-state index in [-0.39, 0.29) is 6.04 Å². The molecule has 3 rings (SSSR count). The number of hydrogen-bond donors (Lipinski definition) is 1. The predicted molar refractivity (Wildman–Crippen MR) is 86.5 cm³/mol. The van der Waals surface area contributed by atoms with Crippen molar-refractivity contribution in [3.63, 3.8) is 0 Å². The van der Waals surface area contributed by atoms with Crippen molar-refractivity contribution in [3.8, 4) is 5.75 Å². The highest BCUT2D eigenvalue weighted by Gasteiger charge is 2.20. The van der Waals surface area contributed by atoms with Crippen LogP contribution in [0.2, 0.25) is 0 Å². The molecule has 1 aliphatic carbocycles. The molecule has 0 radical (unpaired) electrons. The van der Waals surface area contributed by atoms with Crippen LogP contribution in [0.25, 0.3) is 0 Å². The van der Waals surface area contributed by atoms with Crippen LogP contribution in [-0.2, 0) is 0 Å². The average molecular weight is 281 g/mol. The normalized spacial score (nSPS) is 16.2. The second-order valence-electron chi connectivity index (χ2n) is 5.85. The van der Waals surface area contributed by atoms with Crippen molar-refractivity contribution in [2.24, 2.45) is 5.73 Å². The van der Waals surface area contributed by atoms with Crippen LogP contribution in [0.3, 0.4) is 0 Å². The first-order valence-electron chi connectivity index (χ1n) is 7.86. The molecule has 0 bridgehead atoms. The molecule has 1 fully saturated rings. The fourth-order valence-electron chi connectivity index (χ4n) is 2.77. The van der Waals surface area contributed by atoms with Gasteiger partial charge < -0.3 is 10.5 Å². The van der Waals surface area contributed by atoms with Crippen molar-refractivity contribution >= 4 is 0 Å². The van der Waals surface area contributed by atoms with E-state index in [2.05, 4.69) is 24.3 Å². The highest BCUT2D eigenvalue weighted by molar-refractivity contribution is 5.29. The fraction of sp³-hybridized carbons (Fsp3) is 0.368. The van der Waals surface area contributed by atoms with Gasteiger partial charge in [-0.1, -0.05) is 48.9 Å². The van der Waals surface area contributed by atoms with Crippen molar-refractivity contribution in [1.29, 1.82) is 0 Å². The summed E-state index contributed by atoms with van der Waals surface area (Å²) in [5.74, 6) is 1.67. The van der Waals surface area contributed by atoms with Gasteiger partial charge in [-0.2, -0.15) is 0 Å². The number of para-hydroxylation sites is 1. The summed E-state index contributed by atoms with van der Waals surface area (Å²) in [7, 11) is 0. The summed E-state index contributed by atoms with van der Waals surface area (Å²) in [4.78, 5) is 0. The highest BCUT2D eigenvalue weighted by Crippen LogP contribution is 2.37. The van der Waals surface area contributed by atoms with Gasteiger partial charge in [-0.25, -0.2) is 0 Å². The van der Waals surface area contributed by atoms with Crippen LogP contribution in [0.5, 0.6) is 5.75 Å². The van der Waals surface area contributed by atoms with E-state index in [1.165, 1.54) is 30.4 Å². The van der Waals surface area contributed by atoms with Gasteiger partial charge in [0.05, 0.1) is 6.61 Å². The molecule has 0 spiro atoms. The lowest BCUT2D eigenvalue weighted by molar-refractivity contribution is 0.298. The van der Waals surface area contributed by atoms with Gasteiger partial charge >= 0.3 is 0 Å². The molecule has 0 aromatic heterocycles. The number of ether oxygens (including phenoxy) is 1. The van der Waals surface area contributed by atoms with E-state index >= 15 is 0 Å². The third-order valence-electron chi connectivity index (χ3n) is 4.36. The van der Waals surface area contributed by atoms with Gasteiger partial charge in [-0.05, 0) is 42.0 Å². The Hall–Kier alpha value is -1.80. The van der Waals surface area contributed by atoms with Gasteiger partial charge in [0.25, 0.3) is 0 Å². The Balaban J connectivity index is 1.54. The van der Waals surface area contributed by atoms with E-state index in [0.29, 0.717) is 6.61 Å². The van der Waals surface area contributed by atoms with Crippen LogP contribution >= 0.6 is 0 Å². The summed E-state index contributed by atoms with van der Waals surface area (Å²) < 4.78 is 5.73. The van der Waals surface area contributed by atoms with Crippen molar-refractivity contribution in [3.05, 3.63) is 65.7 Å². The molecule has 0 saturated heterocycles. The minimum atomic E-state index is 0.0498. The van der Waals surface area contributed by atoms with Gasteiger partial charge in [0.15, 0.2) is 0 Å². The van der Waals surface area contributed by atoms with Gasteiger partial charge in [0, 0.05) is 12.5 Å². The largest absolute Gasteiger partial charge is 0.494 e. The third-order valence-corrected chi connectivity index (χ3v) is 4.36. The molecule has 1 aliphatic rings. The van der Waals surface area contributed by atoms with Crippen LogP contribution in [-0.4, -0.2) is 6.61 Å². The minimum absolute atomic E-state index is 0.0498. The Labute approximate surface area is 126 Å². The molecular weight excluding hydrogens is 258 g/mol. The number of hydrogen-bond acceptors (Lipinski definition) is 2. The zero-order valence-electron chi connectivity index (χ0n) is 12.4. The third kappa shape index (κ3) is 3.64. The molecule has 1 atom stereocenters. The van der Waals surface area contributed by atoms with E-state index in [1.807, 2.05) is 30.3 Å². The second kappa shape index (κ2) is 6.77. The Bertz CT molecular complexity index is 563. The molecule has 21 heavy (non-hydrogen) atoms. The topological polar surface area (TPSA) is 35.2 Å². The Morgan fingerprint density at radius 2 is 1.86 bits per heavy atom. The maximum Gasteiger partial charge on any atom is 0.119 e. The summed E-state index contributed by atoms with van der Waals surface area (Å²) in [6.45, 7) is 0.652. The van der Waals surface area contributed by atoms with E-state index in [4.69, 9.17) is 10.5 Å². The Morgan fingerprint density at radius 1 is 1.05 bits per heavy atom. The summed E-state index contributed by atoms with van der Waals surface area (Å²) in [5.41, 5.74) is 9.00. The zero-order chi connectivity index (χ0) is 14.5. The van der Waals surface area contributed by atoms with E-state index < -0.39 is 0 Å². The number of nitrogens with two attached hydrogens (primary N) is 1. The second-order valence-corrected chi connectivity index (χ2v) is 5.85. The van der Waals surface area contributed by atoms with Crippen LogP contribution in [0.15, 0.2) is 54.6 Å². The van der Waals surface area contributed by atoms with E-state index in [9.17, 15) is 0 Å². The van der Waals surface area contributed by atoms with E-state index in [1.54, 1.807) is 0 Å². The maximum atomic E-state index is 6.31. The first-order chi connectivity index (χ1) is 10.3. The molecule has 1 saturated carbocycles. The Kier molecular flexibility index (Phi) is 4.56. The molecule has 2 heteroatoms. The molecular formula is C19H23NO. The maximum absolute atomic E-state index is 6.31. The molecule has 2 aromatic carbocycles. The molecule has 1 unspecified atom stereocenters. The summed E-state index contributed by atoms with van der Waals surface area (Å²) in [6.07, 6.45) is 4.86. The smallest absolute Gasteiger partial charge is 0.119 e. The summed E-state index contributed by atoms with van der Waals surface area (Å²) >= 11 is 0.